The van der Waals surface area contributed by atoms with E-state index in [1.54, 1.807) is 6.07 Å². The van der Waals surface area contributed by atoms with E-state index in [9.17, 15) is 4.79 Å². The Balaban J connectivity index is 1.94. The number of H-pyrrole nitrogens is 1. The minimum atomic E-state index is -0.961. The molecule has 2 aromatic heterocycles. The third kappa shape index (κ3) is 1.92. The second-order valence-electron chi connectivity index (χ2n) is 4.58. The van der Waals surface area contributed by atoms with Crippen LogP contribution in [0.2, 0.25) is 0 Å². The molecule has 1 aliphatic carbocycles. The Hall–Kier alpha value is -2.04. The summed E-state index contributed by atoms with van der Waals surface area (Å²) < 4.78 is 5.81. The van der Waals surface area contributed by atoms with E-state index in [1.165, 1.54) is 25.1 Å². The van der Waals surface area contributed by atoms with Gasteiger partial charge in [-0.3, -0.25) is 4.98 Å². The largest absolute Gasteiger partial charge is 0.478 e. The molecule has 0 aromatic carbocycles. The van der Waals surface area contributed by atoms with E-state index < -0.39 is 5.97 Å². The van der Waals surface area contributed by atoms with Crippen molar-refractivity contribution in [2.45, 2.75) is 31.8 Å². The van der Waals surface area contributed by atoms with Gasteiger partial charge in [0.05, 0.1) is 16.6 Å². The van der Waals surface area contributed by atoms with Crippen molar-refractivity contribution in [3.8, 4) is 5.88 Å². The van der Waals surface area contributed by atoms with Crippen molar-refractivity contribution in [1.82, 2.24) is 9.97 Å². The summed E-state index contributed by atoms with van der Waals surface area (Å²) in [5, 5.41) is 9.09. The van der Waals surface area contributed by atoms with Crippen LogP contribution in [-0.4, -0.2) is 27.1 Å². The van der Waals surface area contributed by atoms with E-state index in [0.29, 0.717) is 16.9 Å². The summed E-state index contributed by atoms with van der Waals surface area (Å²) in [5.74, 6) is -0.352. The number of carbonyl (C=O) groups is 1. The fraction of sp³-hybridized carbons (Fsp3) is 0.385. The van der Waals surface area contributed by atoms with Crippen LogP contribution in [0.15, 0.2) is 18.3 Å². The Morgan fingerprint density at radius 2 is 2.22 bits per heavy atom. The predicted molar refractivity (Wildman–Crippen MR) is 65.9 cm³/mol. The maximum absolute atomic E-state index is 11.1. The lowest BCUT2D eigenvalue weighted by Crippen LogP contribution is -2.10. The summed E-state index contributed by atoms with van der Waals surface area (Å²) in [6.45, 7) is 0. The number of nitrogens with one attached hydrogen (secondary N) is 1. The lowest BCUT2D eigenvalue weighted by atomic mass is 10.2. The van der Waals surface area contributed by atoms with Crippen LogP contribution >= 0.6 is 0 Å². The number of aromatic nitrogens is 2. The molecule has 2 heterocycles. The molecule has 0 aliphatic heterocycles. The first kappa shape index (κ1) is 11.1. The predicted octanol–water partition coefficient (Wildman–Crippen LogP) is 2.58. The highest BCUT2D eigenvalue weighted by atomic mass is 16.5. The van der Waals surface area contributed by atoms with Gasteiger partial charge in [-0.05, 0) is 31.7 Å². The molecule has 5 nitrogen and oxygen atoms in total. The van der Waals surface area contributed by atoms with Crippen LogP contribution in [-0.2, 0) is 0 Å². The van der Waals surface area contributed by atoms with E-state index in [2.05, 4.69) is 9.97 Å². The number of aromatic amines is 1. The van der Waals surface area contributed by atoms with Crippen molar-refractivity contribution >= 4 is 17.0 Å². The molecule has 5 heteroatoms. The lowest BCUT2D eigenvalue weighted by molar-refractivity contribution is 0.0699. The number of hydrogen-bond donors (Lipinski definition) is 2. The summed E-state index contributed by atoms with van der Waals surface area (Å²) in [6, 6.07) is 3.25. The van der Waals surface area contributed by atoms with Gasteiger partial charge in [0.2, 0.25) is 0 Å². The number of carboxylic acid groups (broad SMARTS) is 1. The minimum Gasteiger partial charge on any atom is -0.478 e. The van der Waals surface area contributed by atoms with E-state index in [4.69, 9.17) is 9.84 Å². The summed E-state index contributed by atoms with van der Waals surface area (Å²) in [5.41, 5.74) is 1.38. The molecule has 2 N–H and O–H groups in total. The Labute approximate surface area is 104 Å². The third-order valence-corrected chi connectivity index (χ3v) is 3.32. The highest BCUT2D eigenvalue weighted by Gasteiger charge is 2.18. The molecule has 0 spiro atoms. The monoisotopic (exact) mass is 246 g/mol. The van der Waals surface area contributed by atoms with Gasteiger partial charge >= 0.3 is 5.97 Å². The fourth-order valence-corrected chi connectivity index (χ4v) is 2.43. The average Bonchev–Trinajstić information content (AvgIpc) is 2.96. The number of nitrogens with zero attached hydrogens (tertiary/aromatic N) is 1. The Bertz CT molecular complexity index is 585. The van der Waals surface area contributed by atoms with Crippen LogP contribution in [0.5, 0.6) is 5.88 Å². The molecule has 1 aliphatic rings. The topological polar surface area (TPSA) is 75.2 Å². The first-order valence-electron chi connectivity index (χ1n) is 6.12. The number of aromatic carboxylic acids is 1. The molecule has 1 saturated carbocycles. The molecular weight excluding hydrogens is 232 g/mol. The van der Waals surface area contributed by atoms with E-state index >= 15 is 0 Å². The summed E-state index contributed by atoms with van der Waals surface area (Å²) >= 11 is 0. The Morgan fingerprint density at radius 1 is 1.44 bits per heavy atom. The highest BCUT2D eigenvalue weighted by molar-refractivity contribution is 6.01. The zero-order valence-corrected chi connectivity index (χ0v) is 9.85. The van der Waals surface area contributed by atoms with Crippen LogP contribution in [0.4, 0.5) is 0 Å². The van der Waals surface area contributed by atoms with E-state index in [0.717, 1.165) is 12.8 Å². The molecule has 0 atom stereocenters. The van der Waals surface area contributed by atoms with Gasteiger partial charge in [-0.2, -0.15) is 0 Å². The standard InChI is InChI=1S/C13H14N2O3/c16-13(17)9-5-6-14-10-7-11(15-12(9)10)18-8-3-1-2-4-8/h5-8,15H,1-4H2,(H,16,17). The lowest BCUT2D eigenvalue weighted by Gasteiger charge is -2.10. The Kier molecular flexibility index (Phi) is 2.66. The molecular formula is C13H14N2O3. The van der Waals surface area contributed by atoms with Crippen LogP contribution < -0.4 is 4.74 Å². The molecule has 0 radical (unpaired) electrons. The third-order valence-electron chi connectivity index (χ3n) is 3.32. The van der Waals surface area contributed by atoms with Crippen molar-refractivity contribution in [1.29, 1.82) is 0 Å². The fourth-order valence-electron chi connectivity index (χ4n) is 2.43. The molecule has 0 unspecified atom stereocenters. The molecule has 94 valence electrons. The van der Waals surface area contributed by atoms with Crippen LogP contribution in [0, 0.1) is 0 Å². The van der Waals surface area contributed by atoms with Gasteiger partial charge in [-0.1, -0.05) is 0 Å². The van der Waals surface area contributed by atoms with Gasteiger partial charge in [-0.15, -0.1) is 0 Å². The SMILES string of the molecule is O=C(O)c1ccnc2cc(OC3CCCC3)[nH]c12. The molecule has 1 fully saturated rings. The second-order valence-corrected chi connectivity index (χ2v) is 4.58. The number of carboxylic acids is 1. The minimum absolute atomic E-state index is 0.223. The van der Waals surface area contributed by atoms with Crippen molar-refractivity contribution in [2.24, 2.45) is 0 Å². The molecule has 0 saturated heterocycles. The number of ether oxygens (including phenoxy) is 1. The normalized spacial score (nSPS) is 16.2. The molecule has 2 aromatic rings. The van der Waals surface area contributed by atoms with Crippen molar-refractivity contribution in [2.75, 3.05) is 0 Å². The maximum atomic E-state index is 11.1. The van der Waals surface area contributed by atoms with Crippen molar-refractivity contribution in [3.05, 3.63) is 23.9 Å². The van der Waals surface area contributed by atoms with Gasteiger partial charge < -0.3 is 14.8 Å². The number of pyridine rings is 1. The quantitative estimate of drug-likeness (QED) is 0.872. The Morgan fingerprint density at radius 3 is 2.94 bits per heavy atom. The van der Waals surface area contributed by atoms with Gasteiger partial charge in [0.25, 0.3) is 0 Å². The van der Waals surface area contributed by atoms with Crippen molar-refractivity contribution in [3.63, 3.8) is 0 Å². The average molecular weight is 246 g/mol. The van der Waals surface area contributed by atoms with Gasteiger partial charge in [0.15, 0.2) is 5.88 Å². The smallest absolute Gasteiger partial charge is 0.337 e. The summed E-state index contributed by atoms with van der Waals surface area (Å²) in [4.78, 5) is 18.2. The van der Waals surface area contributed by atoms with Gasteiger partial charge in [-0.25, -0.2) is 4.79 Å². The van der Waals surface area contributed by atoms with Gasteiger partial charge in [0.1, 0.15) is 6.10 Å². The summed E-state index contributed by atoms with van der Waals surface area (Å²) in [7, 11) is 0. The molecule has 0 amide bonds. The number of hydrogen-bond acceptors (Lipinski definition) is 3. The van der Waals surface area contributed by atoms with Crippen LogP contribution in [0.25, 0.3) is 11.0 Å². The maximum Gasteiger partial charge on any atom is 0.337 e. The number of fused-ring (bicyclic) bond motifs is 1. The van der Waals surface area contributed by atoms with E-state index in [1.807, 2.05) is 0 Å². The molecule has 0 bridgehead atoms. The molecule has 18 heavy (non-hydrogen) atoms. The van der Waals surface area contributed by atoms with Crippen LogP contribution in [0.1, 0.15) is 36.0 Å². The van der Waals surface area contributed by atoms with Gasteiger partial charge in [0, 0.05) is 12.3 Å². The zero-order valence-electron chi connectivity index (χ0n) is 9.85. The second kappa shape index (κ2) is 4.33. The number of rotatable bonds is 3. The van der Waals surface area contributed by atoms with E-state index in [-0.39, 0.29) is 11.7 Å². The highest BCUT2D eigenvalue weighted by Crippen LogP contribution is 2.26. The zero-order chi connectivity index (χ0) is 12.5. The molecule has 3 rings (SSSR count). The van der Waals surface area contributed by atoms with Crippen LogP contribution in [0.3, 0.4) is 0 Å². The first-order valence-corrected chi connectivity index (χ1v) is 6.12. The van der Waals surface area contributed by atoms with Crippen molar-refractivity contribution < 1.29 is 14.6 Å². The summed E-state index contributed by atoms with van der Waals surface area (Å²) in [6.07, 6.45) is 6.26. The first-order chi connectivity index (χ1) is 8.74.